The summed E-state index contributed by atoms with van der Waals surface area (Å²) in [4.78, 5) is 20.0. The first-order valence-corrected chi connectivity index (χ1v) is 12.6. The third-order valence-electron chi connectivity index (χ3n) is 6.89. The molecule has 0 unspecified atom stereocenters. The molecule has 6 nitrogen and oxygen atoms in total. The van der Waals surface area contributed by atoms with Gasteiger partial charge in [0, 0.05) is 48.4 Å². The summed E-state index contributed by atoms with van der Waals surface area (Å²) in [6, 6.07) is 25.0. The molecule has 1 aliphatic rings. The van der Waals surface area contributed by atoms with E-state index in [0.29, 0.717) is 0 Å². The molecule has 180 valence electrons. The second kappa shape index (κ2) is 10.3. The van der Waals surface area contributed by atoms with Crippen LogP contribution in [0.2, 0.25) is 0 Å². The summed E-state index contributed by atoms with van der Waals surface area (Å²) in [6.07, 6.45) is 3.61. The predicted octanol–water partition coefficient (Wildman–Crippen LogP) is 5.06. The second-order valence-electron chi connectivity index (χ2n) is 9.62. The van der Waals surface area contributed by atoms with E-state index in [1.54, 1.807) is 0 Å². The third kappa shape index (κ3) is 5.37. The van der Waals surface area contributed by atoms with Crippen LogP contribution in [-0.2, 0) is 11.2 Å². The number of nitrogens with zero attached hydrogens (tertiary/aromatic N) is 4. The average molecular weight is 468 g/mol. The van der Waals surface area contributed by atoms with Crippen molar-refractivity contribution in [3.05, 3.63) is 84.1 Å². The molecule has 6 heteroatoms. The Bertz CT molecular complexity index is 1280. The van der Waals surface area contributed by atoms with Crippen molar-refractivity contribution in [2.45, 2.75) is 45.6 Å². The van der Waals surface area contributed by atoms with Crippen molar-refractivity contribution in [1.29, 1.82) is 0 Å². The highest BCUT2D eigenvalue weighted by Gasteiger charge is 2.27. The van der Waals surface area contributed by atoms with Crippen molar-refractivity contribution in [3.8, 4) is 11.3 Å². The van der Waals surface area contributed by atoms with E-state index in [2.05, 4.69) is 59.6 Å². The van der Waals surface area contributed by atoms with Crippen molar-refractivity contribution < 1.29 is 4.79 Å². The van der Waals surface area contributed by atoms with Gasteiger partial charge in [-0.2, -0.15) is 9.61 Å². The van der Waals surface area contributed by atoms with Crippen LogP contribution in [0.5, 0.6) is 0 Å². The van der Waals surface area contributed by atoms with Gasteiger partial charge in [-0.1, -0.05) is 60.7 Å². The maximum absolute atomic E-state index is 12.9. The van der Waals surface area contributed by atoms with Gasteiger partial charge in [-0.15, -0.1) is 0 Å². The second-order valence-corrected chi connectivity index (χ2v) is 9.62. The number of nitrogens with one attached hydrogen (secondary N) is 1. The molecule has 0 spiro atoms. The van der Waals surface area contributed by atoms with E-state index in [0.717, 1.165) is 67.2 Å². The number of anilines is 1. The van der Waals surface area contributed by atoms with Gasteiger partial charge < -0.3 is 10.2 Å². The molecule has 35 heavy (non-hydrogen) atoms. The first-order valence-electron chi connectivity index (χ1n) is 12.6. The number of aromatic nitrogens is 3. The molecule has 1 saturated heterocycles. The number of hydrogen-bond donors (Lipinski definition) is 1. The summed E-state index contributed by atoms with van der Waals surface area (Å²) < 4.78 is 1.95. The molecule has 4 aromatic rings. The molecule has 0 saturated carbocycles. The number of carbonyl (C=O) groups excluding carboxylic acids is 1. The van der Waals surface area contributed by atoms with Crippen LogP contribution in [0.25, 0.3) is 16.9 Å². The molecule has 0 aliphatic carbocycles. The Kier molecular flexibility index (Phi) is 6.80. The number of benzene rings is 2. The van der Waals surface area contributed by atoms with E-state index in [4.69, 9.17) is 10.1 Å². The maximum atomic E-state index is 12.9. The van der Waals surface area contributed by atoms with Gasteiger partial charge in [0.15, 0.2) is 5.65 Å². The lowest BCUT2D eigenvalue weighted by atomic mass is 9.95. The van der Waals surface area contributed by atoms with Crippen molar-refractivity contribution in [1.82, 2.24) is 19.9 Å². The van der Waals surface area contributed by atoms with Crippen LogP contribution in [0.4, 0.5) is 5.82 Å². The summed E-state index contributed by atoms with van der Waals surface area (Å²) in [5.74, 6) is 1.29. The Balaban J connectivity index is 1.21. The molecule has 1 aliphatic heterocycles. The fraction of sp³-hybridized carbons (Fsp3) is 0.345. The Labute approximate surface area is 207 Å². The number of hydrogen-bond acceptors (Lipinski definition) is 4. The standard InChI is InChI=1S/C29H33N5O/c1-21(13-14-23-9-5-3-6-10-23)31-29(35)25-15-17-33(18-16-25)28-19-22(2)30-27-20-26(32-34(27)28)24-11-7-4-8-12-24/h3-12,19-21,25H,13-18H2,1-2H3,(H,31,35)/t21-/m1/s1. The van der Waals surface area contributed by atoms with E-state index in [1.165, 1.54) is 5.56 Å². The molecule has 5 rings (SSSR count). The highest BCUT2D eigenvalue weighted by Crippen LogP contribution is 2.27. The molecule has 1 N–H and O–H groups in total. The smallest absolute Gasteiger partial charge is 0.223 e. The van der Waals surface area contributed by atoms with Crippen LogP contribution in [0, 0.1) is 12.8 Å². The van der Waals surface area contributed by atoms with Crippen molar-refractivity contribution in [3.63, 3.8) is 0 Å². The largest absolute Gasteiger partial charge is 0.356 e. The number of aryl methyl sites for hydroxylation is 2. The Morgan fingerprint density at radius 1 is 1.03 bits per heavy atom. The molecule has 2 aromatic carbocycles. The molecule has 3 heterocycles. The highest BCUT2D eigenvalue weighted by atomic mass is 16.1. The van der Waals surface area contributed by atoms with Gasteiger partial charge in [-0.25, -0.2) is 4.98 Å². The van der Waals surface area contributed by atoms with Crippen LogP contribution in [0.15, 0.2) is 72.8 Å². The minimum Gasteiger partial charge on any atom is -0.356 e. The van der Waals surface area contributed by atoms with Crippen LogP contribution in [0.3, 0.4) is 0 Å². The SMILES string of the molecule is Cc1cc(N2CCC(C(=O)N[C@H](C)CCc3ccccc3)CC2)n2nc(-c3ccccc3)cc2n1. The zero-order valence-corrected chi connectivity index (χ0v) is 20.5. The van der Waals surface area contributed by atoms with Crippen LogP contribution < -0.4 is 10.2 Å². The van der Waals surface area contributed by atoms with Gasteiger partial charge >= 0.3 is 0 Å². The van der Waals surface area contributed by atoms with E-state index < -0.39 is 0 Å². The summed E-state index contributed by atoms with van der Waals surface area (Å²) in [5, 5.41) is 8.12. The third-order valence-corrected chi connectivity index (χ3v) is 6.89. The number of amides is 1. The fourth-order valence-corrected chi connectivity index (χ4v) is 4.89. The number of rotatable bonds is 7. The van der Waals surface area contributed by atoms with Gasteiger partial charge in [0.2, 0.25) is 5.91 Å². The lowest BCUT2D eigenvalue weighted by molar-refractivity contribution is -0.126. The number of piperidine rings is 1. The lowest BCUT2D eigenvalue weighted by Gasteiger charge is -2.33. The first-order chi connectivity index (χ1) is 17.1. The van der Waals surface area contributed by atoms with E-state index in [9.17, 15) is 4.79 Å². The zero-order valence-electron chi connectivity index (χ0n) is 20.5. The van der Waals surface area contributed by atoms with E-state index in [1.807, 2.05) is 41.8 Å². The van der Waals surface area contributed by atoms with E-state index in [-0.39, 0.29) is 17.9 Å². The predicted molar refractivity (Wildman–Crippen MR) is 140 cm³/mol. The summed E-state index contributed by atoms with van der Waals surface area (Å²) in [7, 11) is 0. The van der Waals surface area contributed by atoms with Crippen molar-refractivity contribution >= 4 is 17.4 Å². The Morgan fingerprint density at radius 2 is 1.71 bits per heavy atom. The number of carbonyl (C=O) groups is 1. The fourth-order valence-electron chi connectivity index (χ4n) is 4.89. The minimum absolute atomic E-state index is 0.0568. The maximum Gasteiger partial charge on any atom is 0.223 e. The molecular formula is C29H33N5O. The van der Waals surface area contributed by atoms with Crippen LogP contribution >= 0.6 is 0 Å². The molecule has 2 aromatic heterocycles. The molecule has 1 fully saturated rings. The molecule has 0 radical (unpaired) electrons. The summed E-state index contributed by atoms with van der Waals surface area (Å²) in [6.45, 7) is 5.79. The van der Waals surface area contributed by atoms with Crippen LogP contribution in [-0.4, -0.2) is 39.6 Å². The summed E-state index contributed by atoms with van der Waals surface area (Å²) >= 11 is 0. The van der Waals surface area contributed by atoms with Gasteiger partial charge in [0.05, 0.1) is 5.69 Å². The van der Waals surface area contributed by atoms with Crippen molar-refractivity contribution in [2.75, 3.05) is 18.0 Å². The topological polar surface area (TPSA) is 62.5 Å². The Hall–Kier alpha value is -3.67. The van der Waals surface area contributed by atoms with Gasteiger partial charge in [-0.3, -0.25) is 4.79 Å². The van der Waals surface area contributed by atoms with Gasteiger partial charge in [0.1, 0.15) is 5.82 Å². The number of fused-ring (bicyclic) bond motifs is 1. The minimum atomic E-state index is 0.0568. The highest BCUT2D eigenvalue weighted by molar-refractivity contribution is 5.79. The molecular weight excluding hydrogens is 434 g/mol. The molecule has 1 atom stereocenters. The normalized spacial score (nSPS) is 15.3. The Morgan fingerprint density at radius 3 is 2.43 bits per heavy atom. The molecule has 0 bridgehead atoms. The van der Waals surface area contributed by atoms with E-state index >= 15 is 0 Å². The summed E-state index contributed by atoms with van der Waals surface area (Å²) in [5.41, 5.74) is 5.14. The zero-order chi connectivity index (χ0) is 24.2. The van der Waals surface area contributed by atoms with Crippen LogP contribution in [0.1, 0.15) is 37.4 Å². The van der Waals surface area contributed by atoms with Crippen molar-refractivity contribution in [2.24, 2.45) is 5.92 Å². The monoisotopic (exact) mass is 467 g/mol. The lowest BCUT2D eigenvalue weighted by Crippen LogP contribution is -2.43. The quantitative estimate of drug-likeness (QED) is 0.413. The van der Waals surface area contributed by atoms with Gasteiger partial charge in [-0.05, 0) is 45.1 Å². The molecule has 1 amide bonds. The van der Waals surface area contributed by atoms with Gasteiger partial charge in [0.25, 0.3) is 0 Å². The average Bonchev–Trinajstić information content (AvgIpc) is 3.32. The first kappa shape index (κ1) is 23.1.